The van der Waals surface area contributed by atoms with Crippen LogP contribution in [0.15, 0.2) is 30.6 Å². The van der Waals surface area contributed by atoms with Gasteiger partial charge in [0.15, 0.2) is 17.2 Å². The molecule has 0 spiro atoms. The average molecular weight is 397 g/mol. The van der Waals surface area contributed by atoms with Crippen LogP contribution in [0.3, 0.4) is 0 Å². The van der Waals surface area contributed by atoms with Gasteiger partial charge in [-0.3, -0.25) is 4.79 Å². The van der Waals surface area contributed by atoms with E-state index in [-0.39, 0.29) is 30.4 Å². The third-order valence-electron chi connectivity index (χ3n) is 5.22. The molecule has 0 saturated carbocycles. The predicted molar refractivity (Wildman–Crippen MR) is 103 cm³/mol. The SMILES string of the molecule is C[C@@H]1CNC(=O)c2cnn3cc4c(nc23)N(Cc2ccc(F)cc2O1)[C@H](C)CO4. The van der Waals surface area contributed by atoms with Crippen LogP contribution in [0.2, 0.25) is 0 Å². The Hall–Kier alpha value is -3.36. The van der Waals surface area contributed by atoms with E-state index in [0.29, 0.717) is 41.7 Å². The fraction of sp³-hybridized carbons (Fsp3) is 0.350. The molecule has 29 heavy (non-hydrogen) atoms. The molecular weight excluding hydrogens is 377 g/mol. The van der Waals surface area contributed by atoms with Crippen LogP contribution in [-0.4, -0.2) is 45.8 Å². The fourth-order valence-corrected chi connectivity index (χ4v) is 3.64. The lowest BCUT2D eigenvalue weighted by molar-refractivity contribution is 0.0933. The second-order valence-electron chi connectivity index (χ2n) is 7.43. The van der Waals surface area contributed by atoms with E-state index >= 15 is 0 Å². The van der Waals surface area contributed by atoms with Crippen LogP contribution in [0.5, 0.6) is 11.5 Å². The largest absolute Gasteiger partial charge is 0.488 e. The Bertz CT molecular complexity index is 1110. The highest BCUT2D eigenvalue weighted by Gasteiger charge is 2.29. The number of hydrogen-bond acceptors (Lipinski definition) is 6. The maximum atomic E-state index is 13.9. The third kappa shape index (κ3) is 3.02. The Kier molecular flexibility index (Phi) is 4.04. The zero-order valence-electron chi connectivity index (χ0n) is 16.1. The lowest BCUT2D eigenvalue weighted by Gasteiger charge is -2.36. The quantitative estimate of drug-likeness (QED) is 0.626. The van der Waals surface area contributed by atoms with Crippen molar-refractivity contribution in [3.8, 4) is 11.5 Å². The molecule has 0 radical (unpaired) electrons. The first kappa shape index (κ1) is 17.7. The summed E-state index contributed by atoms with van der Waals surface area (Å²) in [6.45, 7) is 5.07. The molecule has 4 heterocycles. The summed E-state index contributed by atoms with van der Waals surface area (Å²) in [5, 5.41) is 7.08. The first-order valence-electron chi connectivity index (χ1n) is 9.50. The normalized spacial score (nSPS) is 21.3. The number of fused-ring (bicyclic) bond motifs is 1. The number of nitrogens with zero attached hydrogens (tertiary/aromatic N) is 4. The molecule has 0 aliphatic carbocycles. The van der Waals surface area contributed by atoms with E-state index in [4.69, 9.17) is 14.5 Å². The van der Waals surface area contributed by atoms with E-state index < -0.39 is 0 Å². The third-order valence-corrected chi connectivity index (χ3v) is 5.22. The molecule has 2 atom stereocenters. The minimum Gasteiger partial charge on any atom is -0.488 e. The molecule has 8 nitrogen and oxygen atoms in total. The molecule has 9 heteroatoms. The number of anilines is 1. The van der Waals surface area contributed by atoms with Crippen molar-refractivity contribution in [3.05, 3.63) is 47.5 Å². The average Bonchev–Trinajstić information content (AvgIpc) is 3.11. The van der Waals surface area contributed by atoms with Gasteiger partial charge in [0, 0.05) is 18.2 Å². The van der Waals surface area contributed by atoms with Crippen molar-refractivity contribution in [1.82, 2.24) is 19.9 Å². The van der Waals surface area contributed by atoms with Crippen LogP contribution in [0, 0.1) is 5.82 Å². The number of carbonyl (C=O) groups is 1. The molecule has 1 N–H and O–H groups in total. The zero-order chi connectivity index (χ0) is 20.1. The number of ether oxygens (including phenoxy) is 2. The van der Waals surface area contributed by atoms with E-state index in [1.165, 1.54) is 18.3 Å². The van der Waals surface area contributed by atoms with Crippen LogP contribution in [0.4, 0.5) is 10.2 Å². The van der Waals surface area contributed by atoms with Crippen LogP contribution in [0.25, 0.3) is 5.65 Å². The van der Waals surface area contributed by atoms with Crippen molar-refractivity contribution in [3.63, 3.8) is 0 Å². The van der Waals surface area contributed by atoms with E-state index in [1.54, 1.807) is 16.8 Å². The highest BCUT2D eigenvalue weighted by atomic mass is 19.1. The highest BCUT2D eigenvalue weighted by molar-refractivity contribution is 5.99. The van der Waals surface area contributed by atoms with Crippen LogP contribution in [0.1, 0.15) is 29.8 Å². The number of amides is 1. The summed E-state index contributed by atoms with van der Waals surface area (Å²) < 4.78 is 27.3. The molecule has 0 saturated heterocycles. The molecule has 5 rings (SSSR count). The summed E-state index contributed by atoms with van der Waals surface area (Å²) in [6.07, 6.45) is 2.88. The van der Waals surface area contributed by atoms with Gasteiger partial charge in [-0.15, -0.1) is 0 Å². The summed E-state index contributed by atoms with van der Waals surface area (Å²) in [5.41, 5.74) is 1.66. The maximum absolute atomic E-state index is 13.9. The van der Waals surface area contributed by atoms with Crippen molar-refractivity contribution >= 4 is 17.4 Å². The smallest absolute Gasteiger partial charge is 0.256 e. The van der Waals surface area contributed by atoms with Crippen molar-refractivity contribution < 1.29 is 18.7 Å². The molecule has 1 aromatic carbocycles. The van der Waals surface area contributed by atoms with Crippen molar-refractivity contribution in [1.29, 1.82) is 0 Å². The van der Waals surface area contributed by atoms with Crippen molar-refractivity contribution in [2.75, 3.05) is 18.1 Å². The topological polar surface area (TPSA) is 81.0 Å². The van der Waals surface area contributed by atoms with Crippen LogP contribution < -0.4 is 19.7 Å². The number of nitrogens with one attached hydrogen (secondary N) is 1. The Labute approximate surface area is 166 Å². The number of hydrogen-bond donors (Lipinski definition) is 1. The summed E-state index contributed by atoms with van der Waals surface area (Å²) in [6, 6.07) is 4.55. The van der Waals surface area contributed by atoms with Gasteiger partial charge in [0.25, 0.3) is 5.91 Å². The number of rotatable bonds is 0. The van der Waals surface area contributed by atoms with Gasteiger partial charge in [-0.25, -0.2) is 13.9 Å². The maximum Gasteiger partial charge on any atom is 0.256 e. The molecule has 2 aliphatic heterocycles. The zero-order valence-corrected chi connectivity index (χ0v) is 16.1. The standard InChI is InChI=1S/C20H20FN5O3/c1-11-10-28-17-9-26-18-15(7-23-26)20(27)22-6-12(2)29-16-5-14(21)4-3-13(16)8-25(11)19(17)24-18/h3-5,7,9,11-12H,6,8,10H2,1-2H3,(H,22,27)/t11-,12-/m1/s1. The fourth-order valence-electron chi connectivity index (χ4n) is 3.64. The minimum atomic E-state index is -0.373. The van der Waals surface area contributed by atoms with Gasteiger partial charge in [0.2, 0.25) is 0 Å². The first-order chi connectivity index (χ1) is 14.0. The second kappa shape index (κ2) is 6.61. The summed E-state index contributed by atoms with van der Waals surface area (Å²) in [4.78, 5) is 19.5. The molecule has 0 fully saturated rings. The molecule has 1 amide bonds. The molecule has 2 bridgehead atoms. The molecule has 2 aliphatic rings. The molecule has 2 aromatic heterocycles. The predicted octanol–water partition coefficient (Wildman–Crippen LogP) is 2.17. The van der Waals surface area contributed by atoms with Gasteiger partial charge in [-0.2, -0.15) is 5.10 Å². The summed E-state index contributed by atoms with van der Waals surface area (Å²) in [5.74, 6) is 0.988. The monoisotopic (exact) mass is 397 g/mol. The Morgan fingerprint density at radius 2 is 2.14 bits per heavy atom. The van der Waals surface area contributed by atoms with Gasteiger partial charge < -0.3 is 19.7 Å². The Balaban J connectivity index is 1.69. The number of carbonyl (C=O) groups excluding carboxylic acids is 1. The van der Waals surface area contributed by atoms with Crippen LogP contribution >= 0.6 is 0 Å². The minimum absolute atomic E-state index is 0.0260. The number of benzene rings is 1. The Morgan fingerprint density at radius 3 is 3.00 bits per heavy atom. The molecule has 150 valence electrons. The van der Waals surface area contributed by atoms with Crippen LogP contribution in [-0.2, 0) is 6.54 Å². The van der Waals surface area contributed by atoms with Crippen molar-refractivity contribution in [2.24, 2.45) is 0 Å². The molecular formula is C20H20FN5O3. The van der Waals surface area contributed by atoms with Crippen molar-refractivity contribution in [2.45, 2.75) is 32.5 Å². The summed E-state index contributed by atoms with van der Waals surface area (Å²) in [7, 11) is 0. The van der Waals surface area contributed by atoms with E-state index in [0.717, 1.165) is 5.56 Å². The highest BCUT2D eigenvalue weighted by Crippen LogP contribution is 2.35. The summed E-state index contributed by atoms with van der Waals surface area (Å²) >= 11 is 0. The van der Waals surface area contributed by atoms with Gasteiger partial charge in [0.05, 0.1) is 25.0 Å². The molecule has 3 aromatic rings. The number of halogens is 1. The van der Waals surface area contributed by atoms with Gasteiger partial charge >= 0.3 is 0 Å². The van der Waals surface area contributed by atoms with Gasteiger partial charge in [0.1, 0.15) is 29.8 Å². The lowest BCUT2D eigenvalue weighted by atomic mass is 10.1. The second-order valence-corrected chi connectivity index (χ2v) is 7.43. The van der Waals surface area contributed by atoms with E-state index in [9.17, 15) is 9.18 Å². The Morgan fingerprint density at radius 1 is 1.28 bits per heavy atom. The molecule has 0 unspecified atom stereocenters. The van der Waals surface area contributed by atoms with E-state index in [1.807, 2.05) is 13.8 Å². The number of aromatic nitrogens is 3. The van der Waals surface area contributed by atoms with Gasteiger partial charge in [-0.05, 0) is 19.9 Å². The first-order valence-corrected chi connectivity index (χ1v) is 9.50. The van der Waals surface area contributed by atoms with Gasteiger partial charge in [-0.1, -0.05) is 6.07 Å². The van der Waals surface area contributed by atoms with E-state index in [2.05, 4.69) is 15.3 Å². The lowest BCUT2D eigenvalue weighted by Crippen LogP contribution is -2.41.